The molecular weight excluding hydrogens is 312 g/mol. The molecule has 0 aliphatic carbocycles. The van der Waals surface area contributed by atoms with E-state index in [-0.39, 0.29) is 0 Å². The van der Waals surface area contributed by atoms with Crippen LogP contribution in [-0.4, -0.2) is 48.6 Å². The third-order valence-corrected chi connectivity index (χ3v) is 3.61. The SMILES string of the molecule is CNC(C(=O)O)C(=O)N(C)CCc1ccccc1Br. The van der Waals surface area contributed by atoms with Gasteiger partial charge in [0.1, 0.15) is 0 Å². The first kappa shape index (κ1) is 15.7. The minimum absolute atomic E-state index is 0.443. The van der Waals surface area contributed by atoms with Gasteiger partial charge in [0.25, 0.3) is 5.91 Å². The van der Waals surface area contributed by atoms with Crippen molar-refractivity contribution in [1.29, 1.82) is 0 Å². The van der Waals surface area contributed by atoms with E-state index in [0.29, 0.717) is 13.0 Å². The Kier molecular flexibility index (Phi) is 5.98. The van der Waals surface area contributed by atoms with Crippen molar-refractivity contribution in [2.45, 2.75) is 12.5 Å². The Morgan fingerprint density at radius 3 is 2.58 bits per heavy atom. The zero-order chi connectivity index (χ0) is 14.4. The summed E-state index contributed by atoms with van der Waals surface area (Å²) < 4.78 is 0.985. The number of likely N-dealkylation sites (N-methyl/N-ethyl adjacent to an activating group) is 2. The lowest BCUT2D eigenvalue weighted by molar-refractivity contribution is -0.147. The van der Waals surface area contributed by atoms with E-state index in [1.165, 1.54) is 11.9 Å². The second-order valence-electron chi connectivity index (χ2n) is 4.16. The van der Waals surface area contributed by atoms with Crippen molar-refractivity contribution in [2.24, 2.45) is 0 Å². The van der Waals surface area contributed by atoms with Gasteiger partial charge in [0.2, 0.25) is 0 Å². The predicted octanol–water partition coefficient (Wildman–Crippen LogP) is 1.12. The first-order valence-electron chi connectivity index (χ1n) is 5.85. The number of nitrogens with zero attached hydrogens (tertiary/aromatic N) is 1. The van der Waals surface area contributed by atoms with Crippen LogP contribution in [0, 0.1) is 0 Å². The van der Waals surface area contributed by atoms with E-state index in [1.807, 2.05) is 24.3 Å². The first-order chi connectivity index (χ1) is 8.97. The van der Waals surface area contributed by atoms with Crippen LogP contribution in [0.25, 0.3) is 0 Å². The van der Waals surface area contributed by atoms with Crippen LogP contribution in [0.2, 0.25) is 0 Å². The Morgan fingerprint density at radius 1 is 1.42 bits per heavy atom. The van der Waals surface area contributed by atoms with Crippen molar-refractivity contribution in [3.63, 3.8) is 0 Å². The highest BCUT2D eigenvalue weighted by atomic mass is 79.9. The molecule has 0 spiro atoms. The normalized spacial score (nSPS) is 11.9. The van der Waals surface area contributed by atoms with Gasteiger partial charge in [-0.05, 0) is 25.1 Å². The number of carbonyl (C=O) groups is 2. The molecule has 19 heavy (non-hydrogen) atoms. The molecule has 0 radical (unpaired) electrons. The molecule has 104 valence electrons. The Hall–Kier alpha value is -1.40. The number of carboxylic acid groups (broad SMARTS) is 1. The van der Waals surface area contributed by atoms with E-state index in [4.69, 9.17) is 5.11 Å². The number of hydrogen-bond acceptors (Lipinski definition) is 3. The molecule has 1 unspecified atom stereocenters. The zero-order valence-corrected chi connectivity index (χ0v) is 12.5. The number of aliphatic carboxylic acids is 1. The Balaban J connectivity index is 2.60. The van der Waals surface area contributed by atoms with Gasteiger partial charge in [-0.1, -0.05) is 34.1 Å². The number of rotatable bonds is 6. The van der Waals surface area contributed by atoms with E-state index in [2.05, 4.69) is 21.2 Å². The van der Waals surface area contributed by atoms with Crippen LogP contribution in [0.15, 0.2) is 28.7 Å². The highest BCUT2D eigenvalue weighted by Gasteiger charge is 2.26. The van der Waals surface area contributed by atoms with Crippen LogP contribution in [0.3, 0.4) is 0 Å². The minimum atomic E-state index is -1.19. The Labute approximate surface area is 120 Å². The molecule has 0 saturated carbocycles. The summed E-state index contributed by atoms with van der Waals surface area (Å²) >= 11 is 3.44. The summed E-state index contributed by atoms with van der Waals surface area (Å²) in [6, 6.07) is 6.56. The molecule has 1 rings (SSSR count). The van der Waals surface area contributed by atoms with Crippen LogP contribution in [0.5, 0.6) is 0 Å². The highest BCUT2D eigenvalue weighted by Crippen LogP contribution is 2.16. The minimum Gasteiger partial charge on any atom is -0.480 e. The molecular formula is C13H17BrN2O3. The summed E-state index contributed by atoms with van der Waals surface area (Å²) in [6.45, 7) is 0.465. The smallest absolute Gasteiger partial charge is 0.330 e. The predicted molar refractivity (Wildman–Crippen MR) is 76.0 cm³/mol. The van der Waals surface area contributed by atoms with Gasteiger partial charge < -0.3 is 10.0 Å². The average molecular weight is 329 g/mol. The third-order valence-electron chi connectivity index (χ3n) is 2.83. The van der Waals surface area contributed by atoms with Gasteiger partial charge in [-0.25, -0.2) is 4.79 Å². The summed E-state index contributed by atoms with van der Waals surface area (Å²) in [5.74, 6) is -1.61. The quantitative estimate of drug-likeness (QED) is 0.768. The van der Waals surface area contributed by atoms with E-state index in [0.717, 1.165) is 10.0 Å². The fraction of sp³-hybridized carbons (Fsp3) is 0.385. The lowest BCUT2D eigenvalue weighted by Gasteiger charge is -2.21. The van der Waals surface area contributed by atoms with Gasteiger partial charge in [0.15, 0.2) is 6.04 Å². The van der Waals surface area contributed by atoms with Gasteiger partial charge in [0.05, 0.1) is 0 Å². The van der Waals surface area contributed by atoms with E-state index < -0.39 is 17.9 Å². The lowest BCUT2D eigenvalue weighted by atomic mass is 10.1. The fourth-order valence-electron chi connectivity index (χ4n) is 1.67. The van der Waals surface area contributed by atoms with Crippen LogP contribution in [0.1, 0.15) is 5.56 Å². The molecule has 6 heteroatoms. The summed E-state index contributed by atoms with van der Waals surface area (Å²) in [4.78, 5) is 24.2. The molecule has 0 aliphatic heterocycles. The molecule has 0 heterocycles. The largest absolute Gasteiger partial charge is 0.480 e. The zero-order valence-electron chi connectivity index (χ0n) is 10.9. The number of carboxylic acids is 1. The lowest BCUT2D eigenvalue weighted by Crippen LogP contribution is -2.48. The van der Waals surface area contributed by atoms with Crippen LogP contribution in [0.4, 0.5) is 0 Å². The number of hydrogen-bond donors (Lipinski definition) is 2. The average Bonchev–Trinajstić information content (AvgIpc) is 2.37. The van der Waals surface area contributed by atoms with Gasteiger partial charge in [-0.3, -0.25) is 10.1 Å². The second-order valence-corrected chi connectivity index (χ2v) is 5.02. The molecule has 2 N–H and O–H groups in total. The van der Waals surface area contributed by atoms with Crippen molar-refractivity contribution in [3.05, 3.63) is 34.3 Å². The van der Waals surface area contributed by atoms with E-state index in [1.54, 1.807) is 7.05 Å². The first-order valence-corrected chi connectivity index (χ1v) is 6.65. The molecule has 1 amide bonds. The van der Waals surface area contributed by atoms with Gasteiger partial charge >= 0.3 is 5.97 Å². The number of halogens is 1. The van der Waals surface area contributed by atoms with Crippen molar-refractivity contribution in [2.75, 3.05) is 20.6 Å². The van der Waals surface area contributed by atoms with Gasteiger partial charge in [-0.2, -0.15) is 0 Å². The van der Waals surface area contributed by atoms with Crippen molar-refractivity contribution in [3.8, 4) is 0 Å². The van der Waals surface area contributed by atoms with Crippen molar-refractivity contribution in [1.82, 2.24) is 10.2 Å². The van der Waals surface area contributed by atoms with Crippen LogP contribution < -0.4 is 5.32 Å². The highest BCUT2D eigenvalue weighted by molar-refractivity contribution is 9.10. The monoisotopic (exact) mass is 328 g/mol. The third kappa shape index (κ3) is 4.33. The number of amides is 1. The number of nitrogens with one attached hydrogen (secondary N) is 1. The molecule has 1 aromatic carbocycles. The molecule has 1 aromatic rings. The summed E-state index contributed by atoms with van der Waals surface area (Å²) in [6.07, 6.45) is 0.666. The summed E-state index contributed by atoms with van der Waals surface area (Å²) in [7, 11) is 3.06. The maximum Gasteiger partial charge on any atom is 0.330 e. The van der Waals surface area contributed by atoms with E-state index in [9.17, 15) is 9.59 Å². The number of benzene rings is 1. The topological polar surface area (TPSA) is 69.6 Å². The molecule has 5 nitrogen and oxygen atoms in total. The fourth-order valence-corrected chi connectivity index (χ4v) is 2.16. The van der Waals surface area contributed by atoms with Gasteiger partial charge in [-0.15, -0.1) is 0 Å². The van der Waals surface area contributed by atoms with Crippen LogP contribution in [-0.2, 0) is 16.0 Å². The van der Waals surface area contributed by atoms with Crippen molar-refractivity contribution < 1.29 is 14.7 Å². The maximum absolute atomic E-state index is 11.9. The molecule has 0 aromatic heterocycles. The Morgan fingerprint density at radius 2 is 2.05 bits per heavy atom. The number of carbonyl (C=O) groups excluding carboxylic acids is 1. The molecule has 1 atom stereocenters. The molecule has 0 saturated heterocycles. The summed E-state index contributed by atoms with van der Waals surface area (Å²) in [5.41, 5.74) is 1.08. The van der Waals surface area contributed by atoms with E-state index >= 15 is 0 Å². The molecule has 0 bridgehead atoms. The van der Waals surface area contributed by atoms with Crippen LogP contribution >= 0.6 is 15.9 Å². The molecule has 0 fully saturated rings. The van der Waals surface area contributed by atoms with Gasteiger partial charge in [0, 0.05) is 18.1 Å². The molecule has 0 aliphatic rings. The Bertz CT molecular complexity index is 465. The standard InChI is InChI=1S/C13H17BrN2O3/c1-15-11(13(18)19)12(17)16(2)8-7-9-5-3-4-6-10(9)14/h3-6,11,15H,7-8H2,1-2H3,(H,18,19). The second kappa shape index (κ2) is 7.25. The van der Waals surface area contributed by atoms with Crippen molar-refractivity contribution >= 4 is 27.8 Å². The summed E-state index contributed by atoms with van der Waals surface area (Å²) in [5, 5.41) is 11.4. The maximum atomic E-state index is 11.9.